The van der Waals surface area contributed by atoms with Crippen molar-refractivity contribution < 1.29 is 74.4 Å². The molecular formula is C45H78N4NaO15S2. The van der Waals surface area contributed by atoms with Crippen LogP contribution in [0.1, 0.15) is 99.8 Å². The van der Waals surface area contributed by atoms with Crippen LogP contribution in [0.15, 0.2) is 23.8 Å². The monoisotopic (exact) mass is 1000 g/mol. The molecule has 0 spiro atoms. The Morgan fingerprint density at radius 2 is 1.30 bits per heavy atom. The number of carbonyl (C=O) groups is 6. The van der Waals surface area contributed by atoms with Gasteiger partial charge in [-0.3, -0.25) is 28.8 Å². The van der Waals surface area contributed by atoms with Crippen molar-refractivity contribution in [3.05, 3.63) is 23.8 Å². The zero-order valence-corrected chi connectivity index (χ0v) is 44.2. The average Bonchev–Trinajstić information content (AvgIpc) is 3.25. The van der Waals surface area contributed by atoms with Crippen LogP contribution in [-0.2, 0) is 33.5 Å². The van der Waals surface area contributed by atoms with Crippen LogP contribution >= 0.6 is 21.6 Å². The molecule has 1 radical (unpaired) electrons. The van der Waals surface area contributed by atoms with Gasteiger partial charge in [-0.25, -0.2) is 0 Å². The van der Waals surface area contributed by atoms with Gasteiger partial charge in [-0.05, 0) is 43.1 Å². The molecule has 4 amide bonds. The SMILES string of the molecule is CC(C)(CO)C(O)C(=O)NCCC(=O)NCCSSCCNC(=O)CCNC(=O)C(O)C(C)(C)CO.CC[C@H](C)C(=O)O[C@H]1C[C@H](O)C=C2C=C[C@H](C)[C@H](CC[C@@H](O)C[C@@H](O)CC(=O)O)[C@H]21.[Na]. The van der Waals surface area contributed by atoms with Crippen molar-refractivity contribution in [1.29, 1.82) is 0 Å². The number of aliphatic hydroxyl groups excluding tert-OH is 7. The molecule has 0 aromatic heterocycles. The Bertz CT molecular complexity index is 1550. The Morgan fingerprint density at radius 3 is 1.75 bits per heavy atom. The fourth-order valence-corrected chi connectivity index (χ4v) is 8.77. The van der Waals surface area contributed by atoms with Crippen molar-refractivity contribution in [2.75, 3.05) is 50.9 Å². The first-order valence-corrected chi connectivity index (χ1v) is 25.2. The van der Waals surface area contributed by atoms with Crippen molar-refractivity contribution in [3.8, 4) is 0 Å². The molecule has 2 aliphatic carbocycles. The molecule has 10 atom stereocenters. The Morgan fingerprint density at radius 1 is 0.806 bits per heavy atom. The van der Waals surface area contributed by atoms with E-state index in [1.807, 2.05) is 26.0 Å². The van der Waals surface area contributed by atoms with Gasteiger partial charge in [0, 0.05) is 103 Å². The largest absolute Gasteiger partial charge is 0.481 e. The summed E-state index contributed by atoms with van der Waals surface area (Å²) in [5.41, 5.74) is -0.977. The standard InChI is InChI=1S/C23H36O7.C22H42N4O8S2.Na/c1-4-13(2)23(29)30-20-11-17(25)9-15-6-5-14(3)19(22(15)20)8-7-16(24)10-18(26)12-21(27)28;1-21(2,13-27)17(31)19(33)25-7-5-15(29)23-9-11-35-36-12-10-24-16(30)6-8-26-20(34)18(32)22(3,4)14-28;/h5-6,9,13-14,16-20,22,24-26H,4,7-8,10-12H2,1-3H3,(H,27,28);17-18,27-28,31-32H,5-14H2,1-4H3,(H,23,29)(H,24,30)(H,25,33)(H,26,34);/t13-,14-,16+,17+,18+,19-,20-,22-;;/m0../s1. The fourth-order valence-electron chi connectivity index (χ4n) is 6.95. The number of ether oxygens (including phenoxy) is 1. The molecule has 12 N–H and O–H groups in total. The van der Waals surface area contributed by atoms with Crippen molar-refractivity contribution in [2.24, 2.45) is 34.5 Å². The smallest absolute Gasteiger partial charge is 0.308 e. The molecule has 2 unspecified atom stereocenters. The molecule has 0 aromatic carbocycles. The maximum Gasteiger partial charge on any atom is 0.308 e. The fraction of sp³-hybridized carbons (Fsp3) is 0.778. The molecule has 0 aliphatic heterocycles. The first-order chi connectivity index (χ1) is 30.9. The second-order valence-corrected chi connectivity index (χ2v) is 21.1. The van der Waals surface area contributed by atoms with Crippen molar-refractivity contribution in [3.63, 3.8) is 0 Å². The van der Waals surface area contributed by atoms with E-state index in [0.29, 0.717) is 50.3 Å². The Labute approximate surface area is 425 Å². The number of hydrogen-bond donors (Lipinski definition) is 12. The number of nitrogens with one attached hydrogen (secondary N) is 4. The Kier molecular flexibility index (Phi) is 32.2. The molecule has 22 heteroatoms. The number of carbonyl (C=O) groups excluding carboxylic acids is 5. The molecule has 0 fully saturated rings. The number of aliphatic hydroxyl groups is 7. The van der Waals surface area contributed by atoms with Crippen LogP contribution in [0.2, 0.25) is 0 Å². The molecule has 0 bridgehead atoms. The molecule has 0 heterocycles. The summed E-state index contributed by atoms with van der Waals surface area (Å²) in [6, 6.07) is 0. The van der Waals surface area contributed by atoms with Gasteiger partial charge in [0.2, 0.25) is 23.6 Å². The summed E-state index contributed by atoms with van der Waals surface area (Å²) < 4.78 is 5.84. The van der Waals surface area contributed by atoms with Crippen molar-refractivity contribution in [2.45, 2.75) is 136 Å². The van der Waals surface area contributed by atoms with E-state index in [1.54, 1.807) is 27.7 Å². The van der Waals surface area contributed by atoms with Gasteiger partial charge in [0.25, 0.3) is 0 Å². The topological polar surface area (TPSA) is 322 Å². The normalized spacial score (nSPS) is 21.2. The van der Waals surface area contributed by atoms with E-state index in [2.05, 4.69) is 34.3 Å². The van der Waals surface area contributed by atoms with Gasteiger partial charge < -0.3 is 66.9 Å². The molecular weight excluding hydrogens is 924 g/mol. The maximum absolute atomic E-state index is 12.4. The van der Waals surface area contributed by atoms with Gasteiger partial charge in [0.15, 0.2) is 0 Å². The minimum absolute atomic E-state index is 0. The number of allylic oxidation sites excluding steroid dienone is 2. The van der Waals surface area contributed by atoms with E-state index >= 15 is 0 Å². The predicted molar refractivity (Wildman–Crippen MR) is 257 cm³/mol. The van der Waals surface area contributed by atoms with Gasteiger partial charge >= 0.3 is 11.9 Å². The second kappa shape index (κ2) is 33.3. The van der Waals surface area contributed by atoms with Crippen molar-refractivity contribution >= 4 is 86.7 Å². The van der Waals surface area contributed by atoms with Gasteiger partial charge in [0.1, 0.15) is 18.3 Å². The van der Waals surface area contributed by atoms with Gasteiger partial charge in [-0.15, -0.1) is 0 Å². The zero-order valence-electron chi connectivity index (χ0n) is 40.6. The van der Waals surface area contributed by atoms with E-state index in [9.17, 15) is 64.5 Å². The summed E-state index contributed by atoms with van der Waals surface area (Å²) in [6.45, 7) is 12.4. The van der Waals surface area contributed by atoms with E-state index in [1.165, 1.54) is 21.6 Å². The molecule has 19 nitrogen and oxygen atoms in total. The van der Waals surface area contributed by atoms with Crippen LogP contribution in [0, 0.1) is 34.5 Å². The van der Waals surface area contributed by atoms with Gasteiger partial charge in [0.05, 0.1) is 43.9 Å². The zero-order chi connectivity index (χ0) is 50.2. The van der Waals surface area contributed by atoms with E-state index < -0.39 is 65.2 Å². The van der Waals surface area contributed by atoms with Crippen LogP contribution in [0.25, 0.3) is 0 Å². The molecule has 67 heavy (non-hydrogen) atoms. The number of amides is 4. The summed E-state index contributed by atoms with van der Waals surface area (Å²) in [5.74, 6) is -1.74. The molecule has 381 valence electrons. The third kappa shape index (κ3) is 24.9. The average molecular weight is 1000 g/mol. The molecule has 0 saturated carbocycles. The van der Waals surface area contributed by atoms with E-state index in [0.717, 1.165) is 5.57 Å². The van der Waals surface area contributed by atoms with Gasteiger partial charge in [-0.2, -0.15) is 0 Å². The van der Waals surface area contributed by atoms with Crippen LogP contribution in [0.5, 0.6) is 0 Å². The van der Waals surface area contributed by atoms with Crippen LogP contribution in [0.4, 0.5) is 0 Å². The third-order valence-corrected chi connectivity index (χ3v) is 14.0. The second-order valence-electron chi connectivity index (χ2n) is 18.4. The predicted octanol–water partition coefficient (Wildman–Crippen LogP) is 0.431. The molecule has 2 aliphatic rings. The number of fused-ring (bicyclic) bond motifs is 1. The molecule has 0 aromatic rings. The number of rotatable bonds is 29. The first kappa shape index (κ1) is 64.7. The van der Waals surface area contributed by atoms with E-state index in [4.69, 9.17) is 9.84 Å². The summed E-state index contributed by atoms with van der Waals surface area (Å²) >= 11 is 0. The molecule has 2 rings (SSSR count). The summed E-state index contributed by atoms with van der Waals surface area (Å²) in [7, 11) is 3.07. The minimum Gasteiger partial charge on any atom is -0.481 e. The Balaban J connectivity index is 0.00000130. The Hall–Kier alpha value is -2.28. The number of esters is 1. The number of carboxylic acid groups (broad SMARTS) is 1. The van der Waals surface area contributed by atoms with Crippen LogP contribution < -0.4 is 21.3 Å². The number of hydrogen-bond acceptors (Lipinski definition) is 16. The first-order valence-electron chi connectivity index (χ1n) is 22.7. The third-order valence-electron chi connectivity index (χ3n) is 11.6. The van der Waals surface area contributed by atoms with Crippen molar-refractivity contribution in [1.82, 2.24) is 21.3 Å². The summed E-state index contributed by atoms with van der Waals surface area (Å²) in [6.07, 6.45) is 2.04. The summed E-state index contributed by atoms with van der Waals surface area (Å²) in [4.78, 5) is 70.4. The quantitative estimate of drug-likeness (QED) is 0.0209. The van der Waals surface area contributed by atoms with Crippen LogP contribution in [0.3, 0.4) is 0 Å². The minimum atomic E-state index is -1.37. The van der Waals surface area contributed by atoms with Gasteiger partial charge in [-0.1, -0.05) is 88.3 Å². The number of carboxylic acids is 1. The number of aliphatic carboxylic acids is 1. The summed E-state index contributed by atoms with van der Waals surface area (Å²) in [5, 5.41) is 87.6. The van der Waals surface area contributed by atoms with Crippen LogP contribution in [-0.4, -0.2) is 193 Å². The van der Waals surface area contributed by atoms with E-state index in [-0.39, 0.29) is 123 Å². The maximum atomic E-state index is 12.4. The molecule has 0 saturated heterocycles.